The van der Waals surface area contributed by atoms with Gasteiger partial charge in [0.2, 0.25) is 5.91 Å². The molecule has 2 aliphatic heterocycles. The molecule has 5 heterocycles. The molecule has 2 fully saturated rings. The van der Waals surface area contributed by atoms with Gasteiger partial charge >= 0.3 is 0 Å². The summed E-state index contributed by atoms with van der Waals surface area (Å²) < 4.78 is 6.48. The normalized spacial score (nSPS) is 22.2. The number of carbonyl (C=O) groups is 2. The van der Waals surface area contributed by atoms with Crippen molar-refractivity contribution in [1.82, 2.24) is 24.8 Å². The molecule has 1 aliphatic carbocycles. The third kappa shape index (κ3) is 4.58. The van der Waals surface area contributed by atoms with Crippen LogP contribution in [0.3, 0.4) is 0 Å². The van der Waals surface area contributed by atoms with E-state index in [2.05, 4.69) is 27.1 Å². The van der Waals surface area contributed by atoms with Crippen molar-refractivity contribution < 1.29 is 19.4 Å². The Morgan fingerprint density at radius 2 is 1.95 bits per heavy atom. The van der Waals surface area contributed by atoms with Crippen molar-refractivity contribution in [2.24, 2.45) is 5.92 Å². The zero-order chi connectivity index (χ0) is 26.2. The Morgan fingerprint density at radius 1 is 1.08 bits per heavy atom. The van der Waals surface area contributed by atoms with Crippen molar-refractivity contribution in [2.75, 3.05) is 19.6 Å². The summed E-state index contributed by atoms with van der Waals surface area (Å²) in [6.45, 7) is 3.88. The van der Waals surface area contributed by atoms with Crippen LogP contribution < -0.4 is 15.3 Å². The number of aromatic nitrogens is 3. The van der Waals surface area contributed by atoms with Crippen molar-refractivity contribution in [3.05, 3.63) is 64.6 Å². The molecule has 9 nitrogen and oxygen atoms in total. The molecule has 6 rings (SSSR count). The Hall–Kier alpha value is -3.98. The predicted octanol–water partition coefficient (Wildman–Crippen LogP) is 1.46. The van der Waals surface area contributed by atoms with Gasteiger partial charge in [0.25, 0.3) is 5.91 Å². The van der Waals surface area contributed by atoms with Crippen molar-refractivity contribution >= 4 is 24.0 Å². The van der Waals surface area contributed by atoms with E-state index in [0.717, 1.165) is 66.4 Å². The zero-order valence-corrected chi connectivity index (χ0v) is 21.3. The Balaban J connectivity index is 1.32. The standard InChI is InChI=1S/C29H31N5O4/c1-18(36)34-11-2-4-27(34)22-14-25-20(12-26(32-25)23-7-5-19(17-35)15-30-23)13-28(22)38-21-6-8-24(31-16-21)29(37)33-9-3-10-33/h5-8,12-16,22,27-28,32,35H,2-4,9-11,17H2,1H3/t22?,27-,28?/m1/s1. The Bertz CT molecular complexity index is 1460. The van der Waals surface area contributed by atoms with Crippen LogP contribution in [0.5, 0.6) is 5.75 Å². The average Bonchev–Trinajstić information content (AvgIpc) is 3.55. The largest absolute Gasteiger partial charge is 0.484 e. The van der Waals surface area contributed by atoms with Gasteiger partial charge in [0.15, 0.2) is 0 Å². The van der Waals surface area contributed by atoms with Crippen LogP contribution >= 0.6 is 0 Å². The lowest BCUT2D eigenvalue weighted by molar-refractivity contribution is -0.130. The number of fused-ring (bicyclic) bond motifs is 1. The number of aromatic amines is 1. The fraction of sp³-hybridized carbons (Fsp3) is 0.379. The lowest BCUT2D eigenvalue weighted by atomic mass is 9.88. The fourth-order valence-electron chi connectivity index (χ4n) is 5.59. The van der Waals surface area contributed by atoms with Crippen LogP contribution in [-0.4, -0.2) is 73.5 Å². The van der Waals surface area contributed by atoms with Gasteiger partial charge in [-0.2, -0.15) is 0 Å². The van der Waals surface area contributed by atoms with Gasteiger partial charge in [-0.3, -0.25) is 14.6 Å². The maximum atomic E-state index is 12.5. The number of carbonyl (C=O) groups excluding carboxylic acids is 2. The summed E-state index contributed by atoms with van der Waals surface area (Å²) in [5, 5.41) is 11.3. The van der Waals surface area contributed by atoms with E-state index in [9.17, 15) is 14.7 Å². The third-order valence-corrected chi connectivity index (χ3v) is 7.76. The monoisotopic (exact) mass is 513 g/mol. The van der Waals surface area contributed by atoms with E-state index in [1.54, 1.807) is 36.4 Å². The molecule has 0 radical (unpaired) electrons. The van der Waals surface area contributed by atoms with E-state index in [-0.39, 0.29) is 36.5 Å². The molecule has 3 aliphatic rings. The van der Waals surface area contributed by atoms with Gasteiger partial charge in [-0.05, 0) is 60.4 Å². The van der Waals surface area contributed by atoms with Crippen LogP contribution in [0.1, 0.15) is 42.2 Å². The second kappa shape index (κ2) is 10.1. The van der Waals surface area contributed by atoms with Crippen LogP contribution in [0.25, 0.3) is 23.5 Å². The first-order chi connectivity index (χ1) is 18.5. The van der Waals surface area contributed by atoms with Crippen LogP contribution in [0.4, 0.5) is 0 Å². The number of pyridine rings is 2. The number of ether oxygens (including phenoxy) is 1. The number of hydrogen-bond donors (Lipinski definition) is 2. The van der Waals surface area contributed by atoms with Gasteiger partial charge in [0.1, 0.15) is 17.5 Å². The molecule has 0 saturated carbocycles. The Kier molecular flexibility index (Phi) is 6.45. The number of amides is 2. The van der Waals surface area contributed by atoms with Crippen LogP contribution in [0.15, 0.2) is 42.7 Å². The number of H-pyrrole nitrogens is 1. The Morgan fingerprint density at radius 3 is 2.61 bits per heavy atom. The number of aliphatic hydroxyl groups is 1. The number of likely N-dealkylation sites (tertiary alicyclic amines) is 2. The minimum absolute atomic E-state index is 0.0239. The third-order valence-electron chi connectivity index (χ3n) is 7.76. The lowest BCUT2D eigenvalue weighted by Gasteiger charge is -2.34. The first kappa shape index (κ1) is 24.4. The highest BCUT2D eigenvalue weighted by molar-refractivity contribution is 5.92. The van der Waals surface area contributed by atoms with E-state index in [0.29, 0.717) is 11.4 Å². The number of hydrogen-bond acceptors (Lipinski definition) is 6. The molecule has 0 aromatic carbocycles. The number of nitrogens with zero attached hydrogens (tertiary/aromatic N) is 4. The van der Waals surface area contributed by atoms with Gasteiger partial charge in [0, 0.05) is 50.1 Å². The first-order valence-electron chi connectivity index (χ1n) is 13.2. The quantitative estimate of drug-likeness (QED) is 0.516. The summed E-state index contributed by atoms with van der Waals surface area (Å²) in [6.07, 6.45) is 10.1. The maximum Gasteiger partial charge on any atom is 0.272 e. The molecule has 2 saturated heterocycles. The molecule has 3 aromatic rings. The van der Waals surface area contributed by atoms with E-state index in [1.165, 1.54) is 0 Å². The molecule has 2 amide bonds. The molecule has 0 bridgehead atoms. The highest BCUT2D eigenvalue weighted by atomic mass is 16.5. The minimum atomic E-state index is -0.320. The molecular weight excluding hydrogens is 482 g/mol. The molecule has 196 valence electrons. The minimum Gasteiger partial charge on any atom is -0.484 e. The van der Waals surface area contributed by atoms with E-state index < -0.39 is 0 Å². The van der Waals surface area contributed by atoms with Crippen molar-refractivity contribution in [3.8, 4) is 17.1 Å². The molecule has 3 atom stereocenters. The second-order valence-corrected chi connectivity index (χ2v) is 10.2. The summed E-state index contributed by atoms with van der Waals surface area (Å²) in [6, 6.07) is 9.33. The van der Waals surface area contributed by atoms with Crippen molar-refractivity contribution in [2.45, 2.75) is 44.9 Å². The zero-order valence-electron chi connectivity index (χ0n) is 21.3. The molecule has 0 spiro atoms. The van der Waals surface area contributed by atoms with Gasteiger partial charge < -0.3 is 24.6 Å². The molecule has 3 aromatic heterocycles. The highest BCUT2D eigenvalue weighted by Gasteiger charge is 2.38. The summed E-state index contributed by atoms with van der Waals surface area (Å²) in [4.78, 5) is 41.0. The Labute approximate surface area is 220 Å². The summed E-state index contributed by atoms with van der Waals surface area (Å²) in [5.41, 5.74) is 2.83. The van der Waals surface area contributed by atoms with Gasteiger partial charge in [0.05, 0.1) is 24.2 Å². The number of rotatable bonds is 6. The summed E-state index contributed by atoms with van der Waals surface area (Å²) in [5.74, 6) is 0.540. The van der Waals surface area contributed by atoms with E-state index >= 15 is 0 Å². The van der Waals surface area contributed by atoms with E-state index in [4.69, 9.17) is 4.74 Å². The van der Waals surface area contributed by atoms with Gasteiger partial charge in [-0.1, -0.05) is 12.1 Å². The summed E-state index contributed by atoms with van der Waals surface area (Å²) in [7, 11) is 0. The van der Waals surface area contributed by atoms with Crippen LogP contribution in [0.2, 0.25) is 0 Å². The van der Waals surface area contributed by atoms with Gasteiger partial charge in [-0.25, -0.2) is 4.98 Å². The van der Waals surface area contributed by atoms with Crippen molar-refractivity contribution in [1.29, 1.82) is 0 Å². The molecule has 9 heteroatoms. The molecule has 2 unspecified atom stereocenters. The molecule has 38 heavy (non-hydrogen) atoms. The highest BCUT2D eigenvalue weighted by Crippen LogP contribution is 2.31. The van der Waals surface area contributed by atoms with Crippen LogP contribution in [-0.2, 0) is 11.4 Å². The first-order valence-corrected chi connectivity index (χ1v) is 13.2. The number of aliphatic hydroxyl groups excluding tert-OH is 1. The fourth-order valence-corrected chi connectivity index (χ4v) is 5.59. The molecule has 2 N–H and O–H groups in total. The number of nitrogens with one attached hydrogen (secondary N) is 1. The SMILES string of the molecule is CC(=O)N1CCC[C@@H]1C1C=c2[nH]c(-c3ccc(CO)cn3)cc2=CC1Oc1ccc(C(=O)N2CCC2)nc1. The van der Waals surface area contributed by atoms with Crippen LogP contribution in [0, 0.1) is 5.92 Å². The average molecular weight is 514 g/mol. The second-order valence-electron chi connectivity index (χ2n) is 10.2. The summed E-state index contributed by atoms with van der Waals surface area (Å²) >= 11 is 0. The van der Waals surface area contributed by atoms with Gasteiger partial charge in [-0.15, -0.1) is 0 Å². The maximum absolute atomic E-state index is 12.5. The molecular formula is C29H31N5O4. The lowest BCUT2D eigenvalue weighted by Crippen LogP contribution is -2.47. The van der Waals surface area contributed by atoms with E-state index in [1.807, 2.05) is 23.1 Å². The van der Waals surface area contributed by atoms with Crippen molar-refractivity contribution in [3.63, 3.8) is 0 Å². The topological polar surface area (TPSA) is 112 Å². The predicted molar refractivity (Wildman–Crippen MR) is 141 cm³/mol. The smallest absolute Gasteiger partial charge is 0.272 e.